The van der Waals surface area contributed by atoms with E-state index in [2.05, 4.69) is 9.71 Å². The number of nitrogens with zero attached hydrogens (tertiary/aromatic N) is 2. The predicted octanol–water partition coefficient (Wildman–Crippen LogP) is 2.11. The van der Waals surface area contributed by atoms with E-state index in [0.29, 0.717) is 17.4 Å². The molecular weight excluding hydrogens is 350 g/mol. The summed E-state index contributed by atoms with van der Waals surface area (Å²) in [6.45, 7) is 0.413. The predicted molar refractivity (Wildman–Crippen MR) is 89.0 cm³/mol. The van der Waals surface area contributed by atoms with Crippen LogP contribution in [0.15, 0.2) is 29.4 Å². The molecule has 2 aromatic heterocycles. The van der Waals surface area contributed by atoms with E-state index in [1.54, 1.807) is 36.2 Å². The van der Waals surface area contributed by atoms with Gasteiger partial charge in [0.15, 0.2) is 10.2 Å². The second-order valence-electron chi connectivity index (χ2n) is 4.56. The fourth-order valence-electron chi connectivity index (χ4n) is 2.11. The summed E-state index contributed by atoms with van der Waals surface area (Å²) in [7, 11) is -3.68. The van der Waals surface area contributed by atoms with E-state index in [-0.39, 0.29) is 10.2 Å². The highest BCUT2D eigenvalue weighted by atomic mass is 35.5. The molecule has 1 fully saturated rings. The van der Waals surface area contributed by atoms with E-state index < -0.39 is 10.0 Å². The molecule has 21 heavy (non-hydrogen) atoms. The van der Waals surface area contributed by atoms with Gasteiger partial charge in [-0.1, -0.05) is 17.7 Å². The summed E-state index contributed by atoms with van der Waals surface area (Å²) in [5, 5.41) is 0.309. The number of aromatic nitrogens is 2. The molecule has 0 aromatic carbocycles. The number of rotatable bonds is 4. The van der Waals surface area contributed by atoms with Crippen LogP contribution >= 0.6 is 35.1 Å². The number of hydrogen-bond acceptors (Lipinski definition) is 5. The van der Waals surface area contributed by atoms with E-state index in [4.69, 9.17) is 11.6 Å². The first kappa shape index (κ1) is 15.5. The van der Waals surface area contributed by atoms with Crippen molar-refractivity contribution in [3.05, 3.63) is 29.5 Å². The van der Waals surface area contributed by atoms with Crippen LogP contribution in [0.3, 0.4) is 0 Å². The van der Waals surface area contributed by atoms with Crippen LogP contribution in [0.25, 0.3) is 5.65 Å². The number of thioether (sulfide) groups is 2. The number of sulfonamides is 1. The molecule has 0 spiro atoms. The fourth-order valence-corrected chi connectivity index (χ4v) is 6.55. The van der Waals surface area contributed by atoms with E-state index in [9.17, 15) is 8.42 Å². The third kappa shape index (κ3) is 3.34. The van der Waals surface area contributed by atoms with Crippen molar-refractivity contribution >= 4 is 50.8 Å². The quantitative estimate of drug-likeness (QED) is 0.901. The molecule has 0 saturated carbocycles. The lowest BCUT2D eigenvalue weighted by Crippen LogP contribution is -2.34. The van der Waals surface area contributed by atoms with Gasteiger partial charge in [-0.05, 0) is 12.1 Å². The van der Waals surface area contributed by atoms with Crippen molar-refractivity contribution in [3.8, 4) is 0 Å². The van der Waals surface area contributed by atoms with Crippen molar-refractivity contribution < 1.29 is 8.42 Å². The molecule has 5 nitrogen and oxygen atoms in total. The average molecular weight is 364 g/mol. The van der Waals surface area contributed by atoms with Gasteiger partial charge in [0.05, 0.1) is 0 Å². The number of imidazole rings is 1. The van der Waals surface area contributed by atoms with Gasteiger partial charge in [-0.25, -0.2) is 18.1 Å². The normalized spacial score (nSPS) is 20.0. The first-order valence-corrected chi connectivity index (χ1v) is 10.5. The third-order valence-electron chi connectivity index (χ3n) is 3.09. The third-order valence-corrected chi connectivity index (χ3v) is 7.75. The van der Waals surface area contributed by atoms with Gasteiger partial charge < -0.3 is 0 Å². The van der Waals surface area contributed by atoms with Crippen LogP contribution in [-0.2, 0) is 10.0 Å². The van der Waals surface area contributed by atoms with Gasteiger partial charge in [0.2, 0.25) is 0 Å². The molecule has 114 valence electrons. The Morgan fingerprint density at radius 1 is 1.43 bits per heavy atom. The zero-order valence-electron chi connectivity index (χ0n) is 11.0. The molecule has 1 unspecified atom stereocenters. The van der Waals surface area contributed by atoms with Crippen LogP contribution < -0.4 is 4.72 Å². The Morgan fingerprint density at radius 3 is 3.05 bits per heavy atom. The fraction of sp³-hybridized carbons (Fsp3) is 0.417. The molecule has 0 aliphatic carbocycles. The van der Waals surface area contributed by atoms with Gasteiger partial charge in [-0.2, -0.15) is 23.5 Å². The van der Waals surface area contributed by atoms with Crippen molar-refractivity contribution in [2.75, 3.05) is 23.8 Å². The van der Waals surface area contributed by atoms with Crippen molar-refractivity contribution in [1.29, 1.82) is 0 Å². The largest absolute Gasteiger partial charge is 0.288 e. The van der Waals surface area contributed by atoms with Crippen LogP contribution in [0, 0.1) is 0 Å². The Balaban J connectivity index is 1.84. The molecule has 2 aromatic rings. The monoisotopic (exact) mass is 363 g/mol. The molecular formula is C12H14ClN3O2S3. The Morgan fingerprint density at radius 2 is 2.29 bits per heavy atom. The summed E-state index contributed by atoms with van der Waals surface area (Å²) in [6.07, 6.45) is 1.65. The summed E-state index contributed by atoms with van der Waals surface area (Å²) in [5.74, 6) is 3.16. The van der Waals surface area contributed by atoms with Crippen molar-refractivity contribution in [1.82, 2.24) is 14.1 Å². The summed E-state index contributed by atoms with van der Waals surface area (Å²) in [5.41, 5.74) is 0.519. The summed E-state index contributed by atoms with van der Waals surface area (Å²) < 4.78 is 29.1. The second-order valence-corrected chi connectivity index (χ2v) is 9.15. The zero-order valence-corrected chi connectivity index (χ0v) is 14.2. The number of pyridine rings is 1. The Hall–Kier alpha value is -0.410. The first-order valence-electron chi connectivity index (χ1n) is 6.39. The maximum atomic E-state index is 12.5. The van der Waals surface area contributed by atoms with Gasteiger partial charge in [0, 0.05) is 35.3 Å². The molecule has 1 N–H and O–H groups in total. The second kappa shape index (κ2) is 6.37. The van der Waals surface area contributed by atoms with Gasteiger partial charge in [0.1, 0.15) is 5.65 Å². The molecule has 3 heterocycles. The Labute approximate surface area is 136 Å². The van der Waals surface area contributed by atoms with Gasteiger partial charge in [0.25, 0.3) is 10.0 Å². The standard InChI is InChI=1S/C12H14ClN3O2S3/c13-11-12(16-4-2-1-3-10(16)15-11)21(17,18)14-7-9-8-19-5-6-20-9/h1-4,9,14H,5-8H2. The highest BCUT2D eigenvalue weighted by molar-refractivity contribution is 8.06. The topological polar surface area (TPSA) is 63.5 Å². The molecule has 0 amide bonds. The minimum atomic E-state index is -3.68. The molecule has 0 radical (unpaired) electrons. The maximum Gasteiger partial charge on any atom is 0.259 e. The number of halogens is 1. The lowest BCUT2D eigenvalue weighted by atomic mass is 10.5. The SMILES string of the molecule is O=S(=O)(NCC1CSCCS1)c1c(Cl)nc2ccccn12. The Kier molecular flexibility index (Phi) is 4.70. The number of fused-ring (bicyclic) bond motifs is 1. The summed E-state index contributed by atoms with van der Waals surface area (Å²) in [4.78, 5) is 4.07. The van der Waals surface area contributed by atoms with E-state index in [1.807, 2.05) is 11.8 Å². The zero-order chi connectivity index (χ0) is 14.9. The van der Waals surface area contributed by atoms with Gasteiger partial charge in [-0.3, -0.25) is 4.40 Å². The molecule has 1 aliphatic heterocycles. The number of hydrogen-bond donors (Lipinski definition) is 1. The minimum absolute atomic E-state index is 0.000581. The van der Waals surface area contributed by atoms with Gasteiger partial charge >= 0.3 is 0 Å². The van der Waals surface area contributed by atoms with Crippen LogP contribution in [0.4, 0.5) is 0 Å². The van der Waals surface area contributed by atoms with Crippen molar-refractivity contribution in [2.24, 2.45) is 0 Å². The van der Waals surface area contributed by atoms with Crippen LogP contribution in [-0.4, -0.2) is 46.9 Å². The lowest BCUT2D eigenvalue weighted by Gasteiger charge is -2.21. The van der Waals surface area contributed by atoms with Gasteiger partial charge in [-0.15, -0.1) is 0 Å². The van der Waals surface area contributed by atoms with E-state index in [0.717, 1.165) is 17.3 Å². The highest BCUT2D eigenvalue weighted by Crippen LogP contribution is 2.25. The van der Waals surface area contributed by atoms with E-state index >= 15 is 0 Å². The van der Waals surface area contributed by atoms with Crippen LogP contribution in [0.1, 0.15) is 0 Å². The molecule has 9 heteroatoms. The van der Waals surface area contributed by atoms with Crippen molar-refractivity contribution in [3.63, 3.8) is 0 Å². The molecule has 1 saturated heterocycles. The summed E-state index contributed by atoms with van der Waals surface area (Å²) >= 11 is 9.68. The molecule has 1 atom stereocenters. The lowest BCUT2D eigenvalue weighted by molar-refractivity contribution is 0.576. The molecule has 3 rings (SSSR count). The summed E-state index contributed by atoms with van der Waals surface area (Å²) in [6, 6.07) is 5.26. The smallest absolute Gasteiger partial charge is 0.259 e. The minimum Gasteiger partial charge on any atom is -0.288 e. The van der Waals surface area contributed by atoms with Crippen LogP contribution in [0.5, 0.6) is 0 Å². The molecule has 1 aliphatic rings. The number of nitrogens with one attached hydrogen (secondary N) is 1. The highest BCUT2D eigenvalue weighted by Gasteiger charge is 2.25. The van der Waals surface area contributed by atoms with E-state index in [1.165, 1.54) is 4.40 Å². The average Bonchev–Trinajstić information content (AvgIpc) is 2.83. The van der Waals surface area contributed by atoms with Crippen molar-refractivity contribution in [2.45, 2.75) is 10.3 Å². The molecule has 0 bridgehead atoms. The Bertz CT molecular complexity index is 741. The van der Waals surface area contributed by atoms with Crippen LogP contribution in [0.2, 0.25) is 5.15 Å². The maximum absolute atomic E-state index is 12.5. The first-order chi connectivity index (χ1) is 10.1.